The van der Waals surface area contributed by atoms with E-state index >= 15 is 0 Å². The largest absolute Gasteiger partial charge is 0.347 e. The average molecular weight is 336 g/mol. The van der Waals surface area contributed by atoms with Gasteiger partial charge in [-0.25, -0.2) is 9.78 Å². The molecule has 0 unspecified atom stereocenters. The number of benzene rings is 1. The number of aromatic amines is 1. The van der Waals surface area contributed by atoms with Crippen LogP contribution in [0.5, 0.6) is 0 Å². The molecule has 0 bridgehead atoms. The molecule has 4 rings (SSSR count). The van der Waals surface area contributed by atoms with Crippen molar-refractivity contribution in [1.29, 1.82) is 0 Å². The smallest absolute Gasteiger partial charge is 0.345 e. The van der Waals surface area contributed by atoms with Gasteiger partial charge in [0.15, 0.2) is 0 Å². The molecule has 0 spiro atoms. The van der Waals surface area contributed by atoms with Gasteiger partial charge in [0.2, 0.25) is 0 Å². The molecule has 1 N–H and O–H groups in total. The number of aromatic nitrogens is 3. The van der Waals surface area contributed by atoms with Gasteiger partial charge in [-0.1, -0.05) is 18.2 Å². The van der Waals surface area contributed by atoms with Crippen molar-refractivity contribution in [2.75, 3.05) is 6.54 Å². The number of nitrogens with one attached hydrogen (secondary N) is 1. The Bertz CT molecular complexity index is 988. The molecule has 6 heteroatoms. The van der Waals surface area contributed by atoms with Crippen LogP contribution in [-0.4, -0.2) is 31.9 Å². The lowest BCUT2D eigenvalue weighted by molar-refractivity contribution is 0.0734. The molecule has 0 aliphatic carbocycles. The summed E-state index contributed by atoms with van der Waals surface area (Å²) in [6.07, 6.45) is 5.21. The minimum Gasteiger partial charge on any atom is -0.347 e. The molecule has 1 atom stereocenters. The maximum absolute atomic E-state index is 13.3. The van der Waals surface area contributed by atoms with E-state index < -0.39 is 0 Å². The second-order valence-electron chi connectivity index (χ2n) is 6.33. The molecule has 1 amide bonds. The molecule has 1 aliphatic heterocycles. The minimum absolute atomic E-state index is 0.0172. The van der Waals surface area contributed by atoms with Crippen LogP contribution >= 0.6 is 0 Å². The summed E-state index contributed by atoms with van der Waals surface area (Å²) in [6.45, 7) is 3.58. The normalized spacial score (nSPS) is 17.3. The Morgan fingerprint density at radius 3 is 2.96 bits per heavy atom. The average Bonchev–Trinajstić information content (AvgIpc) is 3.26. The third-order valence-electron chi connectivity index (χ3n) is 4.93. The third-order valence-corrected chi connectivity index (χ3v) is 4.93. The summed E-state index contributed by atoms with van der Waals surface area (Å²) >= 11 is 0. The summed E-state index contributed by atoms with van der Waals surface area (Å²) in [5.41, 5.74) is 2.17. The van der Waals surface area contributed by atoms with Crippen molar-refractivity contribution in [3.63, 3.8) is 0 Å². The second kappa shape index (κ2) is 6.20. The Kier molecular flexibility index (Phi) is 3.87. The number of hydrogen-bond donors (Lipinski definition) is 1. The quantitative estimate of drug-likeness (QED) is 0.799. The van der Waals surface area contributed by atoms with Gasteiger partial charge in [0, 0.05) is 42.1 Å². The molecule has 1 aromatic carbocycles. The van der Waals surface area contributed by atoms with Gasteiger partial charge in [0.1, 0.15) is 0 Å². The summed E-state index contributed by atoms with van der Waals surface area (Å²) in [4.78, 5) is 33.1. The highest BCUT2D eigenvalue weighted by atomic mass is 16.2. The Hall–Kier alpha value is -2.89. The Balaban J connectivity index is 1.74. The lowest BCUT2D eigenvalue weighted by Gasteiger charge is -2.24. The summed E-state index contributed by atoms with van der Waals surface area (Å²) in [5.74, 6) is 0.0172. The number of carbonyl (C=O) groups excluding carboxylic acids is 1. The molecule has 1 fully saturated rings. The van der Waals surface area contributed by atoms with E-state index in [0.717, 1.165) is 41.5 Å². The molecule has 1 aliphatic rings. The van der Waals surface area contributed by atoms with Crippen LogP contribution in [0.4, 0.5) is 0 Å². The van der Waals surface area contributed by atoms with Gasteiger partial charge in [-0.05, 0) is 31.9 Å². The topological polar surface area (TPSA) is 71.0 Å². The van der Waals surface area contributed by atoms with Gasteiger partial charge in [0.25, 0.3) is 5.91 Å². The highest BCUT2D eigenvalue weighted by Gasteiger charge is 2.32. The molecule has 128 valence electrons. The highest BCUT2D eigenvalue weighted by molar-refractivity contribution is 6.07. The van der Waals surface area contributed by atoms with Crippen LogP contribution in [0, 0.1) is 0 Å². The first-order valence-electron chi connectivity index (χ1n) is 8.63. The van der Waals surface area contributed by atoms with Gasteiger partial charge < -0.3 is 14.5 Å². The van der Waals surface area contributed by atoms with Crippen LogP contribution in [0.15, 0.2) is 47.5 Å². The van der Waals surface area contributed by atoms with E-state index in [4.69, 9.17) is 0 Å². The number of fused-ring (bicyclic) bond motifs is 1. The van der Waals surface area contributed by atoms with Crippen LogP contribution < -0.4 is 5.69 Å². The van der Waals surface area contributed by atoms with Gasteiger partial charge in [-0.2, -0.15) is 0 Å². The molecule has 3 heterocycles. The predicted molar refractivity (Wildman–Crippen MR) is 95.5 cm³/mol. The number of likely N-dealkylation sites (tertiary alicyclic amines) is 1. The fourth-order valence-electron chi connectivity index (χ4n) is 3.74. The van der Waals surface area contributed by atoms with Crippen LogP contribution in [0.3, 0.4) is 0 Å². The number of hydrogen-bond acceptors (Lipinski definition) is 3. The molecule has 6 nitrogen and oxygen atoms in total. The number of para-hydroxylation sites is 1. The van der Waals surface area contributed by atoms with E-state index in [1.165, 1.54) is 6.20 Å². The van der Waals surface area contributed by atoms with Crippen molar-refractivity contribution in [3.05, 3.63) is 64.5 Å². The fraction of sp³-hybridized carbons (Fsp3) is 0.316. The minimum atomic E-state index is -0.376. The number of nitrogens with zero attached hydrogens (tertiary/aromatic N) is 3. The molecular formula is C19H20N4O2. The Morgan fingerprint density at radius 2 is 2.16 bits per heavy atom. The monoisotopic (exact) mass is 336 g/mol. The van der Waals surface area contributed by atoms with Gasteiger partial charge in [0.05, 0.1) is 11.6 Å². The first-order valence-corrected chi connectivity index (χ1v) is 8.63. The van der Waals surface area contributed by atoms with Crippen LogP contribution in [0.25, 0.3) is 10.9 Å². The zero-order valence-corrected chi connectivity index (χ0v) is 14.1. The highest BCUT2D eigenvalue weighted by Crippen LogP contribution is 2.33. The maximum atomic E-state index is 13.3. The molecule has 0 saturated carbocycles. The summed E-state index contributed by atoms with van der Waals surface area (Å²) in [7, 11) is 0. The Labute approximate surface area is 145 Å². The Morgan fingerprint density at radius 1 is 1.32 bits per heavy atom. The number of carbonyl (C=O) groups is 1. The lowest BCUT2D eigenvalue weighted by atomic mass is 10.1. The fourth-order valence-corrected chi connectivity index (χ4v) is 3.74. The van der Waals surface area contributed by atoms with E-state index in [9.17, 15) is 9.59 Å². The van der Waals surface area contributed by atoms with Crippen LogP contribution in [0.1, 0.15) is 41.9 Å². The molecular weight excluding hydrogens is 316 g/mol. The third kappa shape index (κ3) is 2.63. The van der Waals surface area contributed by atoms with Crippen molar-refractivity contribution >= 4 is 16.8 Å². The standard InChI is InChI=1S/C19H20N4O2/c1-2-22-12-14(13-6-3-4-7-16(13)22)18(24)23-11-5-8-17(23)15-9-10-20-19(25)21-15/h3-4,6-7,9-10,12,17H,2,5,8,11H2,1H3,(H,20,21,25)/t17-/m1/s1. The van der Waals surface area contributed by atoms with Crippen molar-refractivity contribution < 1.29 is 4.79 Å². The SMILES string of the molecule is CCn1cc(C(=O)N2CCC[C@@H]2c2ccnc(=O)[nH]2)c2ccccc21. The number of amides is 1. The van der Waals surface area contributed by atoms with Gasteiger partial charge >= 0.3 is 5.69 Å². The molecule has 0 radical (unpaired) electrons. The summed E-state index contributed by atoms with van der Waals surface area (Å²) in [6, 6.07) is 9.66. The number of aryl methyl sites for hydroxylation is 1. The van der Waals surface area contributed by atoms with Gasteiger partial charge in [-0.15, -0.1) is 0 Å². The molecule has 1 saturated heterocycles. The second-order valence-corrected chi connectivity index (χ2v) is 6.33. The van der Waals surface area contributed by atoms with Crippen molar-refractivity contribution in [2.45, 2.75) is 32.4 Å². The van der Waals surface area contributed by atoms with E-state index in [1.54, 1.807) is 6.07 Å². The van der Waals surface area contributed by atoms with E-state index in [0.29, 0.717) is 6.54 Å². The summed E-state index contributed by atoms with van der Waals surface area (Å²) < 4.78 is 2.10. The van der Waals surface area contributed by atoms with E-state index in [2.05, 4.69) is 21.5 Å². The van der Waals surface area contributed by atoms with Crippen molar-refractivity contribution in [3.8, 4) is 0 Å². The first-order chi connectivity index (χ1) is 12.2. The van der Waals surface area contributed by atoms with Gasteiger partial charge in [-0.3, -0.25) is 4.79 Å². The predicted octanol–water partition coefficient (Wildman–Crippen LogP) is 2.72. The van der Waals surface area contributed by atoms with Crippen LogP contribution in [-0.2, 0) is 6.54 Å². The maximum Gasteiger partial charge on any atom is 0.345 e. The number of rotatable bonds is 3. The van der Waals surface area contributed by atoms with Crippen LogP contribution in [0.2, 0.25) is 0 Å². The van der Waals surface area contributed by atoms with Crippen molar-refractivity contribution in [1.82, 2.24) is 19.4 Å². The number of H-pyrrole nitrogens is 1. The zero-order valence-electron chi connectivity index (χ0n) is 14.1. The molecule has 3 aromatic rings. The zero-order chi connectivity index (χ0) is 17.4. The van der Waals surface area contributed by atoms with Crippen molar-refractivity contribution in [2.24, 2.45) is 0 Å². The molecule has 25 heavy (non-hydrogen) atoms. The van der Waals surface area contributed by atoms with E-state index in [-0.39, 0.29) is 17.6 Å². The summed E-state index contributed by atoms with van der Waals surface area (Å²) in [5, 5.41) is 0.975. The first kappa shape index (κ1) is 15.6. The lowest BCUT2D eigenvalue weighted by Crippen LogP contribution is -2.31. The molecule has 2 aromatic heterocycles. The van der Waals surface area contributed by atoms with E-state index in [1.807, 2.05) is 35.4 Å².